The monoisotopic (exact) mass is 753 g/mol. The molecule has 2 aromatic heterocycles. The van der Waals surface area contributed by atoms with Crippen LogP contribution >= 0.6 is 0 Å². The first-order chi connectivity index (χ1) is 29.3. The van der Waals surface area contributed by atoms with Gasteiger partial charge in [0.05, 0.1) is 11.4 Å². The van der Waals surface area contributed by atoms with E-state index < -0.39 is 0 Å². The van der Waals surface area contributed by atoms with E-state index in [1.807, 2.05) is 24.3 Å². The smallest absolute Gasteiger partial charge is 0.137 e. The zero-order chi connectivity index (χ0) is 38.9. The summed E-state index contributed by atoms with van der Waals surface area (Å²) in [4.78, 5) is 2.46. The zero-order valence-electron chi connectivity index (χ0n) is 32.0. The van der Waals surface area contributed by atoms with E-state index in [1.54, 1.807) is 0 Å². The minimum Gasteiger partial charge on any atom is -0.456 e. The van der Waals surface area contributed by atoms with Crippen molar-refractivity contribution in [2.45, 2.75) is 0 Å². The molecule has 59 heavy (non-hydrogen) atoms. The number of hydrogen-bond donors (Lipinski definition) is 0. The Labute approximate surface area is 340 Å². The topological polar surface area (TPSA) is 29.5 Å². The SMILES string of the molecule is c1ccc(-c2ccc(-c3c(N(c4ccc5c(c4)oc4ccccc45)c4ccccc4-c4ccc5c(c4)oc4ccccc45)c4ccccc4c4ccccc34)cc2)cc1. The van der Waals surface area contributed by atoms with Gasteiger partial charge in [-0.25, -0.2) is 0 Å². The summed E-state index contributed by atoms with van der Waals surface area (Å²) in [5.41, 5.74) is 13.4. The van der Waals surface area contributed by atoms with Gasteiger partial charge in [-0.3, -0.25) is 0 Å². The van der Waals surface area contributed by atoms with E-state index in [4.69, 9.17) is 8.83 Å². The Bertz CT molecular complexity index is 3560. The van der Waals surface area contributed by atoms with Crippen molar-refractivity contribution >= 4 is 82.5 Å². The minimum atomic E-state index is 0.841. The van der Waals surface area contributed by atoms with Crippen LogP contribution in [0.2, 0.25) is 0 Å². The lowest BCUT2D eigenvalue weighted by molar-refractivity contribution is 0.668. The molecule has 0 saturated carbocycles. The van der Waals surface area contributed by atoms with Crippen molar-refractivity contribution in [3.63, 3.8) is 0 Å². The molecule has 0 amide bonds. The highest BCUT2D eigenvalue weighted by molar-refractivity contribution is 6.23. The van der Waals surface area contributed by atoms with Crippen molar-refractivity contribution in [2.24, 2.45) is 0 Å². The Morgan fingerprint density at radius 2 is 0.763 bits per heavy atom. The maximum Gasteiger partial charge on any atom is 0.137 e. The van der Waals surface area contributed by atoms with Crippen molar-refractivity contribution in [3.05, 3.63) is 212 Å². The van der Waals surface area contributed by atoms with Gasteiger partial charge in [0, 0.05) is 49.8 Å². The first-order valence-electron chi connectivity index (χ1n) is 20.1. The lowest BCUT2D eigenvalue weighted by atomic mass is 9.89. The second-order valence-corrected chi connectivity index (χ2v) is 15.2. The first-order valence-corrected chi connectivity index (χ1v) is 20.1. The number of nitrogens with zero attached hydrogens (tertiary/aromatic N) is 1. The molecule has 3 heteroatoms. The van der Waals surface area contributed by atoms with Gasteiger partial charge in [-0.05, 0) is 80.9 Å². The van der Waals surface area contributed by atoms with Crippen LogP contribution in [-0.2, 0) is 0 Å². The van der Waals surface area contributed by atoms with Crippen LogP contribution in [0.3, 0.4) is 0 Å². The Hall–Kier alpha value is -7.88. The molecule has 3 nitrogen and oxygen atoms in total. The summed E-state index contributed by atoms with van der Waals surface area (Å²) in [6, 6.07) is 75.9. The molecule has 0 aliphatic carbocycles. The molecule has 0 bridgehead atoms. The van der Waals surface area contributed by atoms with Gasteiger partial charge in [-0.15, -0.1) is 0 Å². The Balaban J connectivity index is 1.18. The molecule has 0 spiro atoms. The number of anilines is 3. The highest BCUT2D eigenvalue weighted by Crippen LogP contribution is 2.52. The Morgan fingerprint density at radius 3 is 1.47 bits per heavy atom. The van der Waals surface area contributed by atoms with Gasteiger partial charge in [0.2, 0.25) is 0 Å². The van der Waals surface area contributed by atoms with Gasteiger partial charge in [0.1, 0.15) is 22.3 Å². The fourth-order valence-electron chi connectivity index (χ4n) is 9.16. The van der Waals surface area contributed by atoms with Crippen LogP contribution in [-0.4, -0.2) is 0 Å². The first kappa shape index (κ1) is 33.3. The average molecular weight is 754 g/mol. The molecule has 0 N–H and O–H groups in total. The quantitative estimate of drug-likeness (QED) is 0.158. The maximum atomic E-state index is 6.60. The van der Waals surface area contributed by atoms with Crippen LogP contribution in [0.4, 0.5) is 17.1 Å². The van der Waals surface area contributed by atoms with Crippen LogP contribution < -0.4 is 4.90 Å². The molecule has 0 aliphatic rings. The van der Waals surface area contributed by atoms with Crippen molar-refractivity contribution < 1.29 is 8.83 Å². The van der Waals surface area contributed by atoms with E-state index in [-0.39, 0.29) is 0 Å². The molecular formula is C56H35NO2. The van der Waals surface area contributed by atoms with E-state index in [0.717, 1.165) is 88.6 Å². The summed E-state index contributed by atoms with van der Waals surface area (Å²) in [6.45, 7) is 0. The molecule has 0 radical (unpaired) electrons. The van der Waals surface area contributed by atoms with Gasteiger partial charge in [-0.1, -0.05) is 164 Å². The van der Waals surface area contributed by atoms with Gasteiger partial charge in [-0.2, -0.15) is 0 Å². The number of fused-ring (bicyclic) bond motifs is 9. The fraction of sp³-hybridized carbons (Fsp3) is 0. The van der Waals surface area contributed by atoms with Crippen LogP contribution in [0.25, 0.3) is 98.8 Å². The van der Waals surface area contributed by atoms with Crippen LogP contribution in [0.1, 0.15) is 0 Å². The lowest BCUT2D eigenvalue weighted by Gasteiger charge is -2.32. The molecule has 12 aromatic rings. The number of hydrogen-bond acceptors (Lipinski definition) is 3. The summed E-state index contributed by atoms with van der Waals surface area (Å²) in [6.07, 6.45) is 0. The number of furan rings is 2. The van der Waals surface area contributed by atoms with Gasteiger partial charge in [0.25, 0.3) is 0 Å². The lowest BCUT2D eigenvalue weighted by Crippen LogP contribution is -2.13. The van der Waals surface area contributed by atoms with Gasteiger partial charge < -0.3 is 13.7 Å². The zero-order valence-corrected chi connectivity index (χ0v) is 32.0. The van der Waals surface area contributed by atoms with Gasteiger partial charge in [0.15, 0.2) is 0 Å². The third-order valence-corrected chi connectivity index (χ3v) is 11.9. The predicted molar refractivity (Wildman–Crippen MR) is 247 cm³/mol. The minimum absolute atomic E-state index is 0.841. The van der Waals surface area contributed by atoms with Crippen molar-refractivity contribution in [2.75, 3.05) is 4.90 Å². The fourth-order valence-corrected chi connectivity index (χ4v) is 9.16. The third-order valence-electron chi connectivity index (χ3n) is 11.9. The standard InChI is InChI=1S/C56H35NO2/c1-2-14-36(15-3-1)37-26-28-38(29-27-37)55-48-21-6-4-17-42(48)43-18-5-7-22-49(43)56(55)57(40-31-33-47-45-20-10-13-25-52(45)59-54(47)35-40)50-23-11-8-16-41(50)39-30-32-46-44-19-9-12-24-51(44)58-53(46)34-39/h1-35H. The second-order valence-electron chi connectivity index (χ2n) is 15.2. The predicted octanol–water partition coefficient (Wildman–Crippen LogP) is 16.3. The molecule has 276 valence electrons. The average Bonchev–Trinajstić information content (AvgIpc) is 3.87. The summed E-state index contributed by atoms with van der Waals surface area (Å²) in [5.74, 6) is 0. The second kappa shape index (κ2) is 13.4. The molecular weight excluding hydrogens is 719 g/mol. The number of para-hydroxylation sites is 3. The van der Waals surface area contributed by atoms with Crippen molar-refractivity contribution in [3.8, 4) is 33.4 Å². The third kappa shape index (κ3) is 5.36. The highest BCUT2D eigenvalue weighted by atomic mass is 16.3. The van der Waals surface area contributed by atoms with E-state index in [2.05, 4.69) is 193 Å². The highest BCUT2D eigenvalue weighted by Gasteiger charge is 2.26. The molecule has 0 fully saturated rings. The summed E-state index contributed by atoms with van der Waals surface area (Å²) in [7, 11) is 0. The maximum absolute atomic E-state index is 6.60. The summed E-state index contributed by atoms with van der Waals surface area (Å²) < 4.78 is 13.1. The van der Waals surface area contributed by atoms with Crippen molar-refractivity contribution in [1.82, 2.24) is 0 Å². The largest absolute Gasteiger partial charge is 0.456 e. The van der Waals surface area contributed by atoms with E-state index in [9.17, 15) is 0 Å². The van der Waals surface area contributed by atoms with Crippen LogP contribution in [0, 0.1) is 0 Å². The van der Waals surface area contributed by atoms with E-state index >= 15 is 0 Å². The number of benzene rings is 10. The van der Waals surface area contributed by atoms with E-state index in [1.165, 1.54) is 27.3 Å². The van der Waals surface area contributed by atoms with Crippen LogP contribution in [0.5, 0.6) is 0 Å². The Kier molecular flexibility index (Phi) is 7.54. The molecule has 12 rings (SSSR count). The summed E-state index contributed by atoms with van der Waals surface area (Å²) >= 11 is 0. The molecule has 10 aromatic carbocycles. The van der Waals surface area contributed by atoms with Crippen LogP contribution in [0.15, 0.2) is 221 Å². The molecule has 0 aliphatic heterocycles. The van der Waals surface area contributed by atoms with E-state index in [0.29, 0.717) is 0 Å². The molecule has 0 atom stereocenters. The van der Waals surface area contributed by atoms with Crippen molar-refractivity contribution in [1.29, 1.82) is 0 Å². The molecule has 0 saturated heterocycles. The Morgan fingerprint density at radius 1 is 0.288 bits per heavy atom. The molecule has 0 unspecified atom stereocenters. The van der Waals surface area contributed by atoms with Gasteiger partial charge >= 0.3 is 0 Å². The number of rotatable bonds is 6. The normalized spacial score (nSPS) is 11.7. The summed E-state index contributed by atoms with van der Waals surface area (Å²) in [5, 5.41) is 9.17. The molecule has 2 heterocycles.